The van der Waals surface area contributed by atoms with E-state index in [2.05, 4.69) is 5.32 Å². The Kier molecular flexibility index (Phi) is 5.14. The van der Waals surface area contributed by atoms with Crippen molar-refractivity contribution in [3.8, 4) is 0 Å². The van der Waals surface area contributed by atoms with Crippen molar-refractivity contribution in [2.24, 2.45) is 0 Å². The fraction of sp³-hybridized carbons (Fsp3) is 0.200. The van der Waals surface area contributed by atoms with Gasteiger partial charge >= 0.3 is 0 Å². The van der Waals surface area contributed by atoms with E-state index < -0.39 is 0 Å². The zero-order valence-corrected chi connectivity index (χ0v) is 15.1. The second kappa shape index (κ2) is 7.49. The number of thiophene rings is 1. The average Bonchev–Trinajstić information content (AvgIpc) is 3.07. The van der Waals surface area contributed by atoms with Crippen molar-refractivity contribution < 1.29 is 9.59 Å². The molecule has 128 valence electrons. The highest BCUT2D eigenvalue weighted by Crippen LogP contribution is 2.26. The molecule has 1 heterocycles. The molecular formula is C20H20N2O2S. The molecule has 0 bridgehead atoms. The van der Waals surface area contributed by atoms with Crippen LogP contribution in [0.15, 0.2) is 53.9 Å². The Balaban J connectivity index is 1.82. The summed E-state index contributed by atoms with van der Waals surface area (Å²) in [7, 11) is 0. The number of benzene rings is 2. The van der Waals surface area contributed by atoms with Crippen LogP contribution in [-0.2, 0) is 0 Å². The molecule has 0 aliphatic carbocycles. The van der Waals surface area contributed by atoms with Crippen molar-refractivity contribution in [2.75, 3.05) is 18.4 Å². The first-order valence-corrected chi connectivity index (χ1v) is 9.19. The topological polar surface area (TPSA) is 49.4 Å². The highest BCUT2D eigenvalue weighted by molar-refractivity contribution is 7.17. The van der Waals surface area contributed by atoms with Crippen molar-refractivity contribution in [1.82, 2.24) is 4.90 Å². The lowest BCUT2D eigenvalue weighted by Crippen LogP contribution is -2.30. The third-order valence-electron chi connectivity index (χ3n) is 4.14. The minimum absolute atomic E-state index is 0.0258. The van der Waals surface area contributed by atoms with Gasteiger partial charge in [-0.1, -0.05) is 24.3 Å². The van der Waals surface area contributed by atoms with Gasteiger partial charge in [-0.05, 0) is 38.1 Å². The SMILES string of the molecule is CCN(CC)C(=O)c1cccc(NC(=O)c2csc3ccccc23)c1. The summed E-state index contributed by atoms with van der Waals surface area (Å²) in [5.41, 5.74) is 1.86. The van der Waals surface area contributed by atoms with Crippen LogP contribution >= 0.6 is 11.3 Å². The molecule has 0 saturated carbocycles. The van der Waals surface area contributed by atoms with Crippen LogP contribution in [0.5, 0.6) is 0 Å². The number of rotatable bonds is 5. The molecule has 0 unspecified atom stereocenters. The molecule has 2 amide bonds. The van der Waals surface area contributed by atoms with Gasteiger partial charge in [0.2, 0.25) is 0 Å². The first-order chi connectivity index (χ1) is 12.1. The first-order valence-electron chi connectivity index (χ1n) is 8.31. The Morgan fingerprint density at radius 3 is 2.56 bits per heavy atom. The van der Waals surface area contributed by atoms with E-state index in [9.17, 15) is 9.59 Å². The molecule has 0 radical (unpaired) electrons. The zero-order chi connectivity index (χ0) is 17.8. The molecule has 0 aliphatic rings. The minimum atomic E-state index is -0.162. The van der Waals surface area contributed by atoms with Crippen LogP contribution in [0.2, 0.25) is 0 Å². The number of anilines is 1. The molecule has 1 aromatic heterocycles. The lowest BCUT2D eigenvalue weighted by molar-refractivity contribution is 0.0772. The minimum Gasteiger partial charge on any atom is -0.339 e. The van der Waals surface area contributed by atoms with Gasteiger partial charge in [0.1, 0.15) is 0 Å². The summed E-state index contributed by atoms with van der Waals surface area (Å²) < 4.78 is 1.08. The van der Waals surface area contributed by atoms with Gasteiger partial charge < -0.3 is 10.2 Å². The van der Waals surface area contributed by atoms with E-state index in [4.69, 9.17) is 0 Å². The van der Waals surface area contributed by atoms with E-state index in [1.807, 2.05) is 43.5 Å². The second-order valence-corrected chi connectivity index (χ2v) is 6.57. The second-order valence-electron chi connectivity index (χ2n) is 5.66. The number of nitrogens with zero attached hydrogens (tertiary/aromatic N) is 1. The van der Waals surface area contributed by atoms with E-state index in [0.717, 1.165) is 10.1 Å². The largest absolute Gasteiger partial charge is 0.339 e. The number of fused-ring (bicyclic) bond motifs is 1. The van der Waals surface area contributed by atoms with Crippen LogP contribution in [0.25, 0.3) is 10.1 Å². The molecule has 4 nitrogen and oxygen atoms in total. The van der Waals surface area contributed by atoms with Crippen molar-refractivity contribution >= 4 is 38.9 Å². The predicted octanol–water partition coefficient (Wildman–Crippen LogP) is 4.64. The molecule has 0 saturated heterocycles. The maximum absolute atomic E-state index is 12.6. The standard InChI is InChI=1S/C20H20N2O2S/c1-3-22(4-2)20(24)14-8-7-9-15(12-14)21-19(23)17-13-25-18-11-6-5-10-16(17)18/h5-13H,3-4H2,1-2H3,(H,21,23). The summed E-state index contributed by atoms with van der Waals surface area (Å²) in [4.78, 5) is 26.8. The van der Waals surface area contributed by atoms with Crippen LogP contribution in [0, 0.1) is 0 Å². The zero-order valence-electron chi connectivity index (χ0n) is 14.3. The summed E-state index contributed by atoms with van der Waals surface area (Å²) in [6.07, 6.45) is 0. The molecule has 0 atom stereocenters. The number of hydrogen-bond acceptors (Lipinski definition) is 3. The van der Waals surface area contributed by atoms with E-state index in [1.165, 1.54) is 0 Å². The quantitative estimate of drug-likeness (QED) is 0.727. The molecule has 3 aromatic rings. The number of carbonyl (C=O) groups is 2. The maximum atomic E-state index is 12.6. The number of hydrogen-bond donors (Lipinski definition) is 1. The van der Waals surface area contributed by atoms with Gasteiger partial charge in [-0.3, -0.25) is 9.59 Å². The van der Waals surface area contributed by atoms with Crippen molar-refractivity contribution in [3.63, 3.8) is 0 Å². The van der Waals surface area contributed by atoms with E-state index in [1.54, 1.807) is 40.5 Å². The molecule has 0 fully saturated rings. The molecule has 0 spiro atoms. The Labute approximate surface area is 151 Å². The normalized spacial score (nSPS) is 10.6. The van der Waals surface area contributed by atoms with Crippen molar-refractivity contribution in [3.05, 3.63) is 65.0 Å². The van der Waals surface area contributed by atoms with Gasteiger partial charge in [-0.25, -0.2) is 0 Å². The van der Waals surface area contributed by atoms with Gasteiger partial charge in [0.15, 0.2) is 0 Å². The number of amides is 2. The predicted molar refractivity (Wildman–Crippen MR) is 103 cm³/mol. The summed E-state index contributed by atoms with van der Waals surface area (Å²) in [6, 6.07) is 14.9. The fourth-order valence-electron chi connectivity index (χ4n) is 2.78. The molecule has 2 aromatic carbocycles. The monoisotopic (exact) mass is 352 g/mol. The van der Waals surface area contributed by atoms with Crippen LogP contribution in [0.3, 0.4) is 0 Å². The van der Waals surface area contributed by atoms with Gasteiger partial charge in [-0.2, -0.15) is 0 Å². The Morgan fingerprint density at radius 2 is 1.80 bits per heavy atom. The van der Waals surface area contributed by atoms with E-state index >= 15 is 0 Å². The maximum Gasteiger partial charge on any atom is 0.257 e. The molecule has 0 aliphatic heterocycles. The van der Waals surface area contributed by atoms with E-state index in [0.29, 0.717) is 29.9 Å². The number of carbonyl (C=O) groups excluding carboxylic acids is 2. The Bertz CT molecular complexity index is 913. The third-order valence-corrected chi connectivity index (χ3v) is 5.11. The van der Waals surface area contributed by atoms with E-state index in [-0.39, 0.29) is 11.8 Å². The van der Waals surface area contributed by atoms with Gasteiger partial charge in [0.25, 0.3) is 11.8 Å². The smallest absolute Gasteiger partial charge is 0.257 e. The highest BCUT2D eigenvalue weighted by Gasteiger charge is 2.15. The van der Waals surface area contributed by atoms with Crippen molar-refractivity contribution in [1.29, 1.82) is 0 Å². The molecular weight excluding hydrogens is 332 g/mol. The summed E-state index contributed by atoms with van der Waals surface area (Å²) >= 11 is 1.55. The van der Waals surface area contributed by atoms with Crippen LogP contribution in [0.1, 0.15) is 34.6 Å². The number of nitrogens with one attached hydrogen (secondary N) is 1. The fourth-order valence-corrected chi connectivity index (χ4v) is 3.72. The summed E-state index contributed by atoms with van der Waals surface area (Å²) in [5, 5.41) is 5.71. The van der Waals surface area contributed by atoms with Crippen LogP contribution < -0.4 is 5.32 Å². The third kappa shape index (κ3) is 3.56. The lowest BCUT2D eigenvalue weighted by atomic mass is 10.1. The summed E-state index contributed by atoms with van der Waals surface area (Å²) in [5.74, 6) is -0.188. The Hall–Kier alpha value is -2.66. The molecule has 5 heteroatoms. The average molecular weight is 352 g/mol. The van der Waals surface area contributed by atoms with Gasteiger partial charge in [-0.15, -0.1) is 11.3 Å². The molecule has 25 heavy (non-hydrogen) atoms. The summed E-state index contributed by atoms with van der Waals surface area (Å²) in [6.45, 7) is 5.23. The lowest BCUT2D eigenvalue weighted by Gasteiger charge is -2.19. The van der Waals surface area contributed by atoms with Gasteiger partial charge in [0.05, 0.1) is 5.56 Å². The van der Waals surface area contributed by atoms with Crippen LogP contribution in [0.4, 0.5) is 5.69 Å². The Morgan fingerprint density at radius 1 is 1.04 bits per heavy atom. The highest BCUT2D eigenvalue weighted by atomic mass is 32.1. The molecule has 1 N–H and O–H groups in total. The first kappa shape index (κ1) is 17.2. The van der Waals surface area contributed by atoms with Gasteiger partial charge in [0, 0.05) is 39.8 Å². The van der Waals surface area contributed by atoms with Crippen LogP contribution in [-0.4, -0.2) is 29.8 Å². The molecule has 3 rings (SSSR count). The van der Waals surface area contributed by atoms with Crippen molar-refractivity contribution in [2.45, 2.75) is 13.8 Å².